The van der Waals surface area contributed by atoms with E-state index in [1.165, 1.54) is 73.2 Å². The summed E-state index contributed by atoms with van der Waals surface area (Å²) in [5.41, 5.74) is 10.9. The van der Waals surface area contributed by atoms with Crippen LogP contribution >= 0.6 is 0 Å². The quantitative estimate of drug-likeness (QED) is 0.175. The first-order chi connectivity index (χ1) is 20.8. The molecule has 2 atom stereocenters. The van der Waals surface area contributed by atoms with Crippen molar-refractivity contribution < 1.29 is 28.8 Å². The molecule has 0 amide bonds. The molecule has 43 heavy (non-hydrogen) atoms. The summed E-state index contributed by atoms with van der Waals surface area (Å²) in [4.78, 5) is 24.2. The second-order valence-electron chi connectivity index (χ2n) is 12.9. The van der Waals surface area contributed by atoms with Gasteiger partial charge in [0, 0.05) is 5.56 Å². The van der Waals surface area contributed by atoms with Crippen LogP contribution in [0.5, 0.6) is 0 Å². The number of carbonyl (C=O) groups is 2. The van der Waals surface area contributed by atoms with E-state index in [1.54, 1.807) is 0 Å². The third-order valence-corrected chi connectivity index (χ3v) is 10.1. The van der Waals surface area contributed by atoms with Crippen molar-refractivity contribution >= 4 is 11.9 Å². The molecule has 3 saturated heterocycles. The molecule has 3 aliphatic heterocycles. The third kappa shape index (κ3) is 7.71. The molecule has 2 bridgehead atoms. The minimum Gasteiger partial charge on any atom is -0.481 e. The average molecular weight is 586 g/mol. The van der Waals surface area contributed by atoms with Crippen molar-refractivity contribution in [3.05, 3.63) is 95.6 Å². The number of hydrogen-bond donors (Lipinski definition) is 3. The fraction of sp³-hybridized carbons (Fsp3) is 0.444. The molecule has 0 saturated carbocycles. The van der Waals surface area contributed by atoms with Gasteiger partial charge in [-0.1, -0.05) is 78.9 Å². The van der Waals surface area contributed by atoms with E-state index in [1.807, 2.05) is 54.6 Å². The van der Waals surface area contributed by atoms with Crippen LogP contribution in [0, 0.1) is 11.8 Å². The Morgan fingerprint density at radius 3 is 1.56 bits per heavy atom. The first kappa shape index (κ1) is 30.9. The predicted molar refractivity (Wildman–Crippen MR) is 169 cm³/mol. The van der Waals surface area contributed by atoms with Crippen LogP contribution in [0.25, 0.3) is 11.1 Å². The number of quaternary nitrogens is 2. The van der Waals surface area contributed by atoms with E-state index >= 15 is 0 Å². The van der Waals surface area contributed by atoms with Crippen molar-refractivity contribution in [3.8, 4) is 11.1 Å². The second-order valence-corrected chi connectivity index (χ2v) is 12.9. The Kier molecular flexibility index (Phi) is 9.96. The maximum atomic E-state index is 12.2. The molecule has 6 rings (SSSR count). The highest BCUT2D eigenvalue weighted by molar-refractivity contribution is 5.80. The Morgan fingerprint density at radius 1 is 0.605 bits per heavy atom. The van der Waals surface area contributed by atoms with Crippen LogP contribution in [0.2, 0.25) is 0 Å². The van der Waals surface area contributed by atoms with Crippen molar-refractivity contribution in [1.29, 1.82) is 0 Å². The maximum absolute atomic E-state index is 12.2. The topological polar surface area (TPSA) is 101 Å². The molecule has 7 nitrogen and oxygen atoms in total. The summed E-state index contributed by atoms with van der Waals surface area (Å²) in [5.74, 6) is -4.18. The summed E-state index contributed by atoms with van der Waals surface area (Å²) in [7, 11) is 0. The Hall–Kier alpha value is -3.52. The third-order valence-electron chi connectivity index (χ3n) is 10.1. The molecule has 4 N–H and O–H groups in total. The lowest BCUT2D eigenvalue weighted by molar-refractivity contribution is -1.09. The van der Waals surface area contributed by atoms with E-state index < -0.39 is 23.8 Å². The number of nitrogens with zero attached hydrogens (tertiary/aromatic N) is 2. The normalized spacial score (nSPS) is 22.6. The minimum atomic E-state index is -1.08. The number of hydrogen-bond acceptors (Lipinski definition) is 3. The first-order valence-electron chi connectivity index (χ1n) is 15.9. The summed E-state index contributed by atoms with van der Waals surface area (Å²) >= 11 is 0. The van der Waals surface area contributed by atoms with E-state index in [4.69, 9.17) is 5.73 Å². The Bertz CT molecular complexity index is 1330. The number of aliphatic carboxylic acids is 2. The molecule has 0 radical (unpaired) electrons. The average Bonchev–Trinajstić information content (AvgIpc) is 3.03. The molecule has 3 fully saturated rings. The van der Waals surface area contributed by atoms with Gasteiger partial charge in [0.05, 0.1) is 18.4 Å². The number of carboxylic acids is 2. The second kappa shape index (κ2) is 13.8. The van der Waals surface area contributed by atoms with Crippen LogP contribution < -0.4 is 5.73 Å². The Labute approximate surface area is 255 Å². The van der Waals surface area contributed by atoms with E-state index in [0.717, 1.165) is 41.8 Å². The molecule has 3 aromatic carbocycles. The van der Waals surface area contributed by atoms with Gasteiger partial charge in [0.15, 0.2) is 0 Å². The summed E-state index contributed by atoms with van der Waals surface area (Å²) in [6, 6.07) is 26.0. The molecule has 0 aliphatic carbocycles. The van der Waals surface area contributed by atoms with Crippen molar-refractivity contribution in [1.82, 2.24) is 0 Å². The van der Waals surface area contributed by atoms with Crippen molar-refractivity contribution in [2.75, 3.05) is 52.4 Å². The van der Waals surface area contributed by atoms with Crippen LogP contribution in [0.1, 0.15) is 36.0 Å². The van der Waals surface area contributed by atoms with E-state index in [9.17, 15) is 19.8 Å². The van der Waals surface area contributed by atoms with Crippen LogP contribution in [-0.2, 0) is 29.0 Å². The fourth-order valence-electron chi connectivity index (χ4n) is 7.23. The number of unbranched alkanes of at least 4 members (excludes halogenated alkanes) is 2. The van der Waals surface area contributed by atoms with Crippen LogP contribution in [-0.4, -0.2) is 83.5 Å². The van der Waals surface area contributed by atoms with Crippen LogP contribution in [0.3, 0.4) is 0 Å². The lowest BCUT2D eigenvalue weighted by Crippen LogP contribution is -2.74. The van der Waals surface area contributed by atoms with Gasteiger partial charge < -0.3 is 24.9 Å². The zero-order valence-corrected chi connectivity index (χ0v) is 25.2. The van der Waals surface area contributed by atoms with Gasteiger partial charge in [0.25, 0.3) is 0 Å². The van der Waals surface area contributed by atoms with Gasteiger partial charge in [-0.05, 0) is 60.9 Å². The largest absolute Gasteiger partial charge is 0.481 e. The Balaban J connectivity index is 1.18. The fourth-order valence-corrected chi connectivity index (χ4v) is 7.23. The summed E-state index contributed by atoms with van der Waals surface area (Å²) in [6.45, 7) is 10.9. The van der Waals surface area contributed by atoms with Crippen molar-refractivity contribution in [2.24, 2.45) is 17.6 Å². The molecule has 0 aromatic heterocycles. The van der Waals surface area contributed by atoms with Crippen molar-refractivity contribution in [2.45, 2.75) is 38.6 Å². The van der Waals surface area contributed by atoms with E-state index in [0.29, 0.717) is 0 Å². The highest BCUT2D eigenvalue weighted by Crippen LogP contribution is 2.31. The maximum Gasteiger partial charge on any atom is 0.307 e. The summed E-state index contributed by atoms with van der Waals surface area (Å²) < 4.78 is 2.53. The minimum absolute atomic E-state index is 0.173. The van der Waals surface area contributed by atoms with Gasteiger partial charge in [-0.2, -0.15) is 0 Å². The number of nitrogens with two attached hydrogens (primary N) is 1. The molecular formula is C36H47N3O4+2. The molecule has 228 valence electrons. The number of rotatable bonds is 15. The molecule has 3 aromatic rings. The SMILES string of the molecule is NCCCCC[N+]12CC[N+](Cc3ccc(-c4ccc(C[C@H](C(=O)O)[C@H](Cc5ccccc5)C(=O)O)cc4)cc3)(CC1)CC2. The number of piperazine rings is 3. The van der Waals surface area contributed by atoms with Gasteiger partial charge in [0.2, 0.25) is 0 Å². The molecule has 3 aliphatic rings. The van der Waals surface area contributed by atoms with Crippen molar-refractivity contribution in [3.63, 3.8) is 0 Å². The lowest BCUT2D eigenvalue weighted by Gasteiger charge is -2.55. The lowest BCUT2D eigenvalue weighted by atomic mass is 9.82. The monoisotopic (exact) mass is 585 g/mol. The molecule has 7 heteroatoms. The standard InChI is InChI=1S/C36H45N3O4/c37-17-5-2-6-18-38-19-22-39(23-20-38,24-21-38)27-30-11-15-32(16-12-30)31-13-9-29(10-14-31)26-34(36(42)43)33(35(40)41)25-28-7-3-1-4-8-28/h1,3-4,7-16,33-34H,2,5-6,17-27,37H2/p+2/t33-,34-,38?,39?/m0/s1. The van der Waals surface area contributed by atoms with E-state index in [-0.39, 0.29) is 12.8 Å². The van der Waals surface area contributed by atoms with Gasteiger partial charge in [-0.15, -0.1) is 0 Å². The smallest absolute Gasteiger partial charge is 0.307 e. The van der Waals surface area contributed by atoms with E-state index in [2.05, 4.69) is 24.3 Å². The predicted octanol–water partition coefficient (Wildman–Crippen LogP) is 4.83. The summed E-state index contributed by atoms with van der Waals surface area (Å²) in [6.07, 6.45) is 4.07. The van der Waals surface area contributed by atoms with Crippen LogP contribution in [0.15, 0.2) is 78.9 Å². The molecule has 0 spiro atoms. The van der Waals surface area contributed by atoms with Gasteiger partial charge >= 0.3 is 11.9 Å². The van der Waals surface area contributed by atoms with Crippen LogP contribution in [0.4, 0.5) is 0 Å². The highest BCUT2D eigenvalue weighted by atomic mass is 16.4. The molecular weight excluding hydrogens is 538 g/mol. The van der Waals surface area contributed by atoms with Gasteiger partial charge in [0.1, 0.15) is 45.8 Å². The number of fused-ring (bicyclic) bond motifs is 3. The van der Waals surface area contributed by atoms with Gasteiger partial charge in [-0.3, -0.25) is 9.59 Å². The molecule has 3 heterocycles. The van der Waals surface area contributed by atoms with Gasteiger partial charge in [-0.25, -0.2) is 0 Å². The summed E-state index contributed by atoms with van der Waals surface area (Å²) in [5, 5.41) is 19.8. The zero-order valence-electron chi connectivity index (χ0n) is 25.2. The highest BCUT2D eigenvalue weighted by Gasteiger charge is 2.48. The number of carboxylic acid groups (broad SMARTS) is 2. The Morgan fingerprint density at radius 2 is 1.07 bits per heavy atom. The zero-order chi connectivity index (χ0) is 30.3. The number of benzene rings is 3. The first-order valence-corrected chi connectivity index (χ1v) is 15.9. The molecule has 0 unspecified atom stereocenters.